The Kier molecular flexibility index (Phi) is 4.55. The first-order chi connectivity index (χ1) is 9.20. The van der Waals surface area contributed by atoms with E-state index in [-0.39, 0.29) is 5.91 Å². The minimum absolute atomic E-state index is 0.0907. The van der Waals surface area contributed by atoms with Crippen LogP contribution in [0.3, 0.4) is 0 Å². The summed E-state index contributed by atoms with van der Waals surface area (Å²) in [5.74, 6) is 0.471. The van der Waals surface area contributed by atoms with E-state index in [1.165, 1.54) is 0 Å². The number of ether oxygens (including phenoxy) is 1. The third-order valence-electron chi connectivity index (χ3n) is 2.61. The number of hydrogen-bond acceptors (Lipinski definition) is 3. The maximum atomic E-state index is 12.0. The van der Waals surface area contributed by atoms with Crippen LogP contribution in [0.2, 0.25) is 0 Å². The van der Waals surface area contributed by atoms with Crippen molar-refractivity contribution in [2.24, 2.45) is 0 Å². The molecule has 1 aromatic heterocycles. The SMILES string of the molecule is COc1ccc(CNC(=O)c2ccccc2[SeH])cn1. The second kappa shape index (κ2) is 6.36. The molecule has 4 nitrogen and oxygen atoms in total. The van der Waals surface area contributed by atoms with Crippen LogP contribution in [-0.2, 0) is 6.54 Å². The molecule has 0 fully saturated rings. The predicted molar refractivity (Wildman–Crippen MR) is 75.2 cm³/mol. The van der Waals surface area contributed by atoms with Crippen LogP contribution in [0, 0.1) is 0 Å². The standard InChI is InChI=1S/C14H14N2O2Se/c1-18-13-7-6-10(8-15-13)9-16-14(17)11-4-2-3-5-12(11)19/h2-8,19H,9H2,1H3,(H,16,17). The van der Waals surface area contributed by atoms with Crippen molar-refractivity contribution in [2.75, 3.05) is 7.11 Å². The van der Waals surface area contributed by atoms with E-state index in [4.69, 9.17) is 4.74 Å². The van der Waals surface area contributed by atoms with Gasteiger partial charge in [0.1, 0.15) is 0 Å². The fraction of sp³-hybridized carbons (Fsp3) is 0.143. The van der Waals surface area contributed by atoms with Crippen molar-refractivity contribution in [2.45, 2.75) is 6.54 Å². The van der Waals surface area contributed by atoms with Crippen LogP contribution >= 0.6 is 0 Å². The Labute approximate surface area is 120 Å². The summed E-state index contributed by atoms with van der Waals surface area (Å²) < 4.78 is 5.88. The maximum absolute atomic E-state index is 12.0. The molecule has 0 spiro atoms. The summed E-state index contributed by atoms with van der Waals surface area (Å²) in [6.45, 7) is 0.442. The van der Waals surface area contributed by atoms with Gasteiger partial charge in [-0.05, 0) is 0 Å². The molecule has 5 heteroatoms. The van der Waals surface area contributed by atoms with Gasteiger partial charge in [-0.2, -0.15) is 0 Å². The summed E-state index contributed by atoms with van der Waals surface area (Å²) >= 11 is 2.40. The molecule has 0 saturated carbocycles. The Morgan fingerprint density at radius 2 is 2.11 bits per heavy atom. The van der Waals surface area contributed by atoms with Crippen molar-refractivity contribution in [3.63, 3.8) is 0 Å². The van der Waals surface area contributed by atoms with Gasteiger partial charge < -0.3 is 0 Å². The Morgan fingerprint density at radius 1 is 1.32 bits per heavy atom. The van der Waals surface area contributed by atoms with E-state index in [1.54, 1.807) is 25.4 Å². The van der Waals surface area contributed by atoms with Gasteiger partial charge in [-0.15, -0.1) is 0 Å². The summed E-state index contributed by atoms with van der Waals surface area (Å²) in [6, 6.07) is 11.1. The quantitative estimate of drug-likeness (QED) is 0.837. The fourth-order valence-corrected chi connectivity index (χ4v) is 2.13. The first-order valence-electron chi connectivity index (χ1n) is 5.76. The zero-order valence-corrected chi connectivity index (χ0v) is 12.3. The third kappa shape index (κ3) is 3.56. The first-order valence-corrected chi connectivity index (χ1v) is 6.69. The number of nitrogens with one attached hydrogen (secondary N) is 1. The van der Waals surface area contributed by atoms with Gasteiger partial charge in [-0.25, -0.2) is 0 Å². The molecule has 1 N–H and O–H groups in total. The molecule has 0 aliphatic rings. The number of carbonyl (C=O) groups excluding carboxylic acids is 1. The Hall–Kier alpha value is -1.84. The van der Waals surface area contributed by atoms with E-state index in [0.29, 0.717) is 18.0 Å². The zero-order valence-electron chi connectivity index (χ0n) is 10.5. The molecule has 0 radical (unpaired) electrons. The van der Waals surface area contributed by atoms with Crippen LogP contribution in [0.1, 0.15) is 15.9 Å². The molecule has 0 saturated heterocycles. The van der Waals surface area contributed by atoms with E-state index >= 15 is 0 Å². The molecule has 0 atom stereocenters. The summed E-state index contributed by atoms with van der Waals surface area (Å²) in [7, 11) is 1.57. The van der Waals surface area contributed by atoms with Gasteiger partial charge in [0.25, 0.3) is 0 Å². The van der Waals surface area contributed by atoms with Crippen LogP contribution < -0.4 is 14.5 Å². The number of carbonyl (C=O) groups is 1. The third-order valence-corrected chi connectivity index (χ3v) is 3.43. The van der Waals surface area contributed by atoms with Crippen molar-refractivity contribution < 1.29 is 9.53 Å². The number of pyridine rings is 1. The molecule has 98 valence electrons. The van der Waals surface area contributed by atoms with Crippen molar-refractivity contribution >= 4 is 26.4 Å². The van der Waals surface area contributed by atoms with Gasteiger partial charge in [0.2, 0.25) is 0 Å². The Balaban J connectivity index is 1.98. The van der Waals surface area contributed by atoms with E-state index in [1.807, 2.05) is 24.3 Å². The molecule has 1 heterocycles. The van der Waals surface area contributed by atoms with E-state index in [0.717, 1.165) is 10.0 Å². The number of methoxy groups -OCH3 is 1. The second-order valence-electron chi connectivity index (χ2n) is 3.91. The summed E-state index contributed by atoms with van der Waals surface area (Å²) in [4.78, 5) is 16.1. The summed E-state index contributed by atoms with van der Waals surface area (Å²) in [5, 5.41) is 2.86. The van der Waals surface area contributed by atoms with Crippen LogP contribution in [0.25, 0.3) is 0 Å². The van der Waals surface area contributed by atoms with Crippen molar-refractivity contribution in [3.8, 4) is 5.88 Å². The molecule has 2 rings (SSSR count). The molecule has 0 aliphatic heterocycles. The minimum atomic E-state index is -0.0907. The number of benzene rings is 1. The molecule has 19 heavy (non-hydrogen) atoms. The molecule has 0 aliphatic carbocycles. The molecule has 0 unspecified atom stereocenters. The van der Waals surface area contributed by atoms with Gasteiger partial charge in [0.05, 0.1) is 0 Å². The number of hydrogen-bond donors (Lipinski definition) is 1. The van der Waals surface area contributed by atoms with Crippen LogP contribution in [-0.4, -0.2) is 34.0 Å². The van der Waals surface area contributed by atoms with E-state index < -0.39 is 0 Å². The summed E-state index contributed by atoms with van der Waals surface area (Å²) in [6.07, 6.45) is 1.69. The Bertz CT molecular complexity index is 570. The number of aromatic nitrogens is 1. The number of amides is 1. The van der Waals surface area contributed by atoms with Crippen molar-refractivity contribution in [1.29, 1.82) is 0 Å². The van der Waals surface area contributed by atoms with Gasteiger partial charge in [-0.3, -0.25) is 0 Å². The molecule has 0 bridgehead atoms. The topological polar surface area (TPSA) is 51.2 Å². The monoisotopic (exact) mass is 322 g/mol. The van der Waals surface area contributed by atoms with Gasteiger partial charge in [-0.1, -0.05) is 0 Å². The second-order valence-corrected chi connectivity index (χ2v) is 4.92. The van der Waals surface area contributed by atoms with Crippen LogP contribution in [0.15, 0.2) is 42.6 Å². The molecule has 1 aromatic carbocycles. The normalized spacial score (nSPS) is 10.0. The number of rotatable bonds is 4. The molecular formula is C14H14N2O2Se. The van der Waals surface area contributed by atoms with E-state index in [2.05, 4.69) is 26.3 Å². The van der Waals surface area contributed by atoms with Gasteiger partial charge >= 0.3 is 119 Å². The first kappa shape index (κ1) is 13.6. The molecular weight excluding hydrogens is 307 g/mol. The predicted octanol–water partition coefficient (Wildman–Crippen LogP) is 0.546. The number of nitrogens with zero attached hydrogens (tertiary/aromatic N) is 1. The van der Waals surface area contributed by atoms with Crippen LogP contribution in [0.5, 0.6) is 5.88 Å². The fourth-order valence-electron chi connectivity index (χ4n) is 1.58. The van der Waals surface area contributed by atoms with Gasteiger partial charge in [0.15, 0.2) is 0 Å². The average molecular weight is 321 g/mol. The zero-order chi connectivity index (χ0) is 13.7. The van der Waals surface area contributed by atoms with Crippen LogP contribution in [0.4, 0.5) is 0 Å². The Morgan fingerprint density at radius 3 is 2.74 bits per heavy atom. The van der Waals surface area contributed by atoms with Gasteiger partial charge in [0, 0.05) is 0 Å². The summed E-state index contributed by atoms with van der Waals surface area (Å²) in [5.41, 5.74) is 1.60. The molecule has 2 aromatic rings. The van der Waals surface area contributed by atoms with Crippen molar-refractivity contribution in [3.05, 3.63) is 53.7 Å². The molecule has 1 amide bonds. The average Bonchev–Trinajstić information content (AvgIpc) is 2.46. The van der Waals surface area contributed by atoms with Crippen molar-refractivity contribution in [1.82, 2.24) is 10.3 Å². The van der Waals surface area contributed by atoms with E-state index in [9.17, 15) is 4.79 Å².